The summed E-state index contributed by atoms with van der Waals surface area (Å²) in [5.41, 5.74) is 2.93. The Kier molecular flexibility index (Phi) is 29.1. The van der Waals surface area contributed by atoms with E-state index in [0.29, 0.717) is 35.8 Å². The van der Waals surface area contributed by atoms with Gasteiger partial charge < -0.3 is 18.9 Å². The van der Waals surface area contributed by atoms with Crippen molar-refractivity contribution in [2.45, 2.75) is 174 Å². The molecule has 4 aromatic carbocycles. The quantitative estimate of drug-likeness (QED) is 0.0192. The van der Waals surface area contributed by atoms with Crippen LogP contribution in [0.25, 0.3) is 0 Å². The summed E-state index contributed by atoms with van der Waals surface area (Å²) < 4.78 is 23.0. The standard InChI is InChI=1S/C59H82N2O6/c1-3-5-7-9-11-13-15-17-22-26-46-64-54-40-32-52(33-41-54)58(62)66-56-36-28-50(29-37-56)48-60-44-24-20-19-21-25-45-61-49-51-30-38-57(39-31-51)67-59(63)53-34-42-55(43-35-53)65-47-27-23-18-16-14-12-10-8-6-4-2/h28-43,48-49H,3-27,44-47H2,1-2H3. The fourth-order valence-corrected chi connectivity index (χ4v) is 7.79. The molecule has 8 heteroatoms. The number of aliphatic imine (C=N–C) groups is 2. The van der Waals surface area contributed by atoms with E-state index in [-0.39, 0.29) is 11.9 Å². The van der Waals surface area contributed by atoms with Crippen LogP contribution in [0, 0.1) is 0 Å². The third-order valence-corrected chi connectivity index (χ3v) is 11.9. The Morgan fingerprint density at radius 2 is 0.642 bits per heavy atom. The molecule has 4 aromatic rings. The van der Waals surface area contributed by atoms with Crippen molar-refractivity contribution in [3.05, 3.63) is 119 Å². The van der Waals surface area contributed by atoms with E-state index >= 15 is 0 Å². The summed E-state index contributed by atoms with van der Waals surface area (Å²) in [6.07, 6.45) is 35.2. The maximum Gasteiger partial charge on any atom is 0.343 e. The zero-order valence-corrected chi connectivity index (χ0v) is 41.2. The summed E-state index contributed by atoms with van der Waals surface area (Å²) in [6.45, 7) is 7.47. The van der Waals surface area contributed by atoms with Gasteiger partial charge in [-0.15, -0.1) is 0 Å². The third kappa shape index (κ3) is 25.5. The molecule has 0 fully saturated rings. The second-order valence-corrected chi connectivity index (χ2v) is 17.9. The molecule has 0 heterocycles. The van der Waals surface area contributed by atoms with Crippen molar-refractivity contribution in [1.82, 2.24) is 0 Å². The largest absolute Gasteiger partial charge is 0.494 e. The summed E-state index contributed by atoms with van der Waals surface area (Å²) >= 11 is 0. The van der Waals surface area contributed by atoms with Crippen LogP contribution in [0.2, 0.25) is 0 Å². The van der Waals surface area contributed by atoms with E-state index in [1.807, 2.05) is 61.0 Å². The van der Waals surface area contributed by atoms with Crippen LogP contribution in [0.1, 0.15) is 206 Å². The number of hydrogen-bond acceptors (Lipinski definition) is 8. The molecule has 0 aliphatic heterocycles. The number of nitrogens with zero attached hydrogens (tertiary/aromatic N) is 2. The minimum atomic E-state index is -0.390. The van der Waals surface area contributed by atoms with Gasteiger partial charge in [0.25, 0.3) is 0 Å². The normalized spacial score (nSPS) is 11.4. The van der Waals surface area contributed by atoms with Crippen LogP contribution in [0.3, 0.4) is 0 Å². The molecule has 4 rings (SSSR count). The summed E-state index contributed by atoms with van der Waals surface area (Å²) in [4.78, 5) is 34.6. The van der Waals surface area contributed by atoms with Crippen molar-refractivity contribution in [1.29, 1.82) is 0 Å². The number of ether oxygens (including phenoxy) is 4. The van der Waals surface area contributed by atoms with E-state index in [0.717, 1.165) is 80.7 Å². The Morgan fingerprint density at radius 1 is 0.358 bits per heavy atom. The van der Waals surface area contributed by atoms with Gasteiger partial charge in [-0.25, -0.2) is 9.59 Å². The topological polar surface area (TPSA) is 95.8 Å². The molecule has 0 aliphatic carbocycles. The molecule has 0 saturated heterocycles. The molecular weight excluding hydrogens is 833 g/mol. The second kappa shape index (κ2) is 35.9. The number of rotatable bonds is 38. The van der Waals surface area contributed by atoms with E-state index in [9.17, 15) is 9.59 Å². The van der Waals surface area contributed by atoms with E-state index in [1.165, 1.54) is 116 Å². The Labute approximate surface area is 404 Å². The van der Waals surface area contributed by atoms with Gasteiger partial charge in [0.05, 0.1) is 24.3 Å². The highest BCUT2D eigenvalue weighted by atomic mass is 16.5. The van der Waals surface area contributed by atoms with Gasteiger partial charge in [-0.1, -0.05) is 149 Å². The third-order valence-electron chi connectivity index (χ3n) is 11.9. The highest BCUT2D eigenvalue weighted by Gasteiger charge is 2.11. The van der Waals surface area contributed by atoms with Gasteiger partial charge in [0.1, 0.15) is 23.0 Å². The zero-order chi connectivity index (χ0) is 47.3. The number of carbonyl (C=O) groups is 2. The average Bonchev–Trinajstić information content (AvgIpc) is 3.35. The Hall–Kier alpha value is -5.24. The van der Waals surface area contributed by atoms with Gasteiger partial charge in [-0.2, -0.15) is 0 Å². The molecule has 0 unspecified atom stereocenters. The maximum absolute atomic E-state index is 12.7. The molecule has 8 nitrogen and oxygen atoms in total. The summed E-state index contributed by atoms with van der Waals surface area (Å²) in [6, 6.07) is 29.2. The predicted molar refractivity (Wildman–Crippen MR) is 278 cm³/mol. The van der Waals surface area contributed by atoms with Crippen LogP contribution in [0.15, 0.2) is 107 Å². The van der Waals surface area contributed by atoms with Gasteiger partial charge in [0, 0.05) is 25.5 Å². The average molecular weight is 915 g/mol. The number of hydrogen-bond donors (Lipinski definition) is 0. The maximum atomic E-state index is 12.7. The molecule has 0 aromatic heterocycles. The smallest absolute Gasteiger partial charge is 0.343 e. The van der Waals surface area contributed by atoms with Crippen molar-refractivity contribution < 1.29 is 28.5 Å². The first-order valence-corrected chi connectivity index (χ1v) is 26.1. The first-order valence-electron chi connectivity index (χ1n) is 26.1. The molecule has 0 atom stereocenters. The van der Waals surface area contributed by atoms with Crippen LogP contribution >= 0.6 is 0 Å². The van der Waals surface area contributed by atoms with Crippen molar-refractivity contribution in [2.75, 3.05) is 26.3 Å². The summed E-state index contributed by atoms with van der Waals surface area (Å²) in [7, 11) is 0. The monoisotopic (exact) mass is 915 g/mol. The highest BCUT2D eigenvalue weighted by Crippen LogP contribution is 2.20. The number of carbonyl (C=O) groups excluding carboxylic acids is 2. The van der Waals surface area contributed by atoms with E-state index < -0.39 is 0 Å². The van der Waals surface area contributed by atoms with Crippen LogP contribution in [0.5, 0.6) is 23.0 Å². The van der Waals surface area contributed by atoms with Crippen LogP contribution < -0.4 is 18.9 Å². The zero-order valence-electron chi connectivity index (χ0n) is 41.2. The van der Waals surface area contributed by atoms with Gasteiger partial charge in [0.2, 0.25) is 0 Å². The van der Waals surface area contributed by atoms with Crippen LogP contribution in [0.4, 0.5) is 0 Å². The van der Waals surface area contributed by atoms with E-state index in [4.69, 9.17) is 18.9 Å². The van der Waals surface area contributed by atoms with Crippen LogP contribution in [-0.2, 0) is 0 Å². The fourth-order valence-electron chi connectivity index (χ4n) is 7.79. The molecule has 0 N–H and O–H groups in total. The summed E-state index contributed by atoms with van der Waals surface area (Å²) in [5.74, 6) is 1.78. The summed E-state index contributed by atoms with van der Waals surface area (Å²) in [5, 5.41) is 0. The van der Waals surface area contributed by atoms with Crippen molar-refractivity contribution >= 4 is 24.4 Å². The lowest BCUT2D eigenvalue weighted by Crippen LogP contribution is -2.08. The SMILES string of the molecule is CCCCCCCCCCCCOc1ccc(C(=O)Oc2ccc(C=NCCCCCCCN=Cc3ccc(OC(=O)c4ccc(OCCCCCCCCCCCC)cc4)cc3)cc2)cc1. The lowest BCUT2D eigenvalue weighted by molar-refractivity contribution is 0.0725. The molecule has 0 spiro atoms. The Morgan fingerprint density at radius 3 is 0.970 bits per heavy atom. The van der Waals surface area contributed by atoms with Crippen LogP contribution in [-0.4, -0.2) is 50.7 Å². The minimum Gasteiger partial charge on any atom is -0.494 e. The minimum absolute atomic E-state index is 0.390. The van der Waals surface area contributed by atoms with Crippen molar-refractivity contribution in [3.8, 4) is 23.0 Å². The number of esters is 2. The lowest BCUT2D eigenvalue weighted by Gasteiger charge is -2.08. The first-order chi connectivity index (χ1) is 33.0. The predicted octanol–water partition coefficient (Wildman–Crippen LogP) is 16.2. The molecule has 67 heavy (non-hydrogen) atoms. The van der Waals surface area contributed by atoms with Gasteiger partial charge in [-0.3, -0.25) is 9.98 Å². The van der Waals surface area contributed by atoms with E-state index in [2.05, 4.69) is 23.8 Å². The Balaban J connectivity index is 0.973. The van der Waals surface area contributed by atoms with Crippen molar-refractivity contribution in [3.63, 3.8) is 0 Å². The molecule has 364 valence electrons. The van der Waals surface area contributed by atoms with Gasteiger partial charge in [-0.05, 0) is 134 Å². The highest BCUT2D eigenvalue weighted by molar-refractivity contribution is 5.92. The fraction of sp³-hybridized carbons (Fsp3) is 0.525. The Bertz CT molecular complexity index is 1780. The molecule has 0 aliphatic rings. The molecule has 0 bridgehead atoms. The number of unbranched alkanes of at least 4 members (excludes halogenated alkanes) is 22. The van der Waals surface area contributed by atoms with Gasteiger partial charge >= 0.3 is 11.9 Å². The molecule has 0 radical (unpaired) electrons. The molecular formula is C59H82N2O6. The van der Waals surface area contributed by atoms with Gasteiger partial charge in [0.15, 0.2) is 0 Å². The molecule has 0 amide bonds. The number of benzene rings is 4. The first kappa shape index (κ1) is 54.4. The lowest BCUT2D eigenvalue weighted by atomic mass is 10.1. The van der Waals surface area contributed by atoms with Crippen molar-refractivity contribution in [2.24, 2.45) is 9.98 Å². The second-order valence-electron chi connectivity index (χ2n) is 17.9. The van der Waals surface area contributed by atoms with E-state index in [1.54, 1.807) is 48.5 Å². The molecule has 0 saturated carbocycles.